The first-order chi connectivity index (χ1) is 8.42. The van der Waals surface area contributed by atoms with E-state index in [1.807, 2.05) is 26.8 Å². The Morgan fingerprint density at radius 3 is 2.22 bits per heavy atom. The molecule has 0 unspecified atom stereocenters. The summed E-state index contributed by atoms with van der Waals surface area (Å²) in [6, 6.07) is 0. The van der Waals surface area contributed by atoms with E-state index in [4.69, 9.17) is 5.73 Å². The fourth-order valence-electron chi connectivity index (χ4n) is 1.35. The molecule has 1 amide bonds. The largest absolute Gasteiger partial charge is 0.366 e. The van der Waals surface area contributed by atoms with Gasteiger partial charge in [0.25, 0.3) is 0 Å². The molecule has 0 aliphatic rings. The van der Waals surface area contributed by atoms with Crippen molar-refractivity contribution in [2.75, 3.05) is 0 Å². The van der Waals surface area contributed by atoms with E-state index in [2.05, 4.69) is 0 Å². The van der Waals surface area contributed by atoms with Crippen LogP contribution in [0.4, 0.5) is 4.39 Å². The summed E-state index contributed by atoms with van der Waals surface area (Å²) in [5.74, 6) is -0.802. The Morgan fingerprint density at radius 1 is 1.22 bits per heavy atom. The van der Waals surface area contributed by atoms with Crippen molar-refractivity contribution < 1.29 is 9.18 Å². The Morgan fingerprint density at radius 2 is 1.83 bits per heavy atom. The zero-order valence-electron chi connectivity index (χ0n) is 11.6. The first-order valence-corrected chi connectivity index (χ1v) is 6.13. The lowest BCUT2D eigenvalue weighted by Gasteiger charge is -2.06. The van der Waals surface area contributed by atoms with E-state index in [0.717, 1.165) is 12.0 Å². The molecular formula is C15H22FNO. The molecule has 18 heavy (non-hydrogen) atoms. The molecule has 0 radical (unpaired) electrons. The average Bonchev–Trinajstić information content (AvgIpc) is 2.30. The van der Waals surface area contributed by atoms with Gasteiger partial charge in [-0.3, -0.25) is 4.79 Å². The normalized spacial score (nSPS) is 14.9. The summed E-state index contributed by atoms with van der Waals surface area (Å²) in [5, 5.41) is 0. The van der Waals surface area contributed by atoms with Crippen molar-refractivity contribution in [2.24, 2.45) is 5.73 Å². The van der Waals surface area contributed by atoms with Crippen LogP contribution in [0.1, 0.15) is 40.5 Å². The van der Waals surface area contributed by atoms with Crippen LogP contribution in [0.3, 0.4) is 0 Å². The second-order valence-electron chi connectivity index (χ2n) is 4.11. The van der Waals surface area contributed by atoms with E-state index in [0.29, 0.717) is 17.6 Å². The minimum atomic E-state index is -0.492. The molecule has 0 saturated heterocycles. The minimum Gasteiger partial charge on any atom is -0.366 e. The van der Waals surface area contributed by atoms with Crippen molar-refractivity contribution in [3.63, 3.8) is 0 Å². The van der Waals surface area contributed by atoms with E-state index in [1.54, 1.807) is 12.2 Å². The van der Waals surface area contributed by atoms with Crippen LogP contribution in [0, 0.1) is 0 Å². The topological polar surface area (TPSA) is 43.1 Å². The maximum Gasteiger partial charge on any atom is 0.248 e. The van der Waals surface area contributed by atoms with Gasteiger partial charge in [0.2, 0.25) is 5.91 Å². The van der Waals surface area contributed by atoms with Crippen molar-refractivity contribution in [3.8, 4) is 0 Å². The lowest BCUT2D eigenvalue weighted by Crippen LogP contribution is -2.15. The molecule has 0 bridgehead atoms. The number of allylic oxidation sites excluding steroid dienone is 6. The molecule has 0 aromatic rings. The van der Waals surface area contributed by atoms with E-state index in [1.165, 1.54) is 13.0 Å². The zero-order chi connectivity index (χ0) is 14.1. The fraction of sp³-hybridized carbons (Fsp3) is 0.400. The summed E-state index contributed by atoms with van der Waals surface area (Å²) < 4.78 is 12.8. The summed E-state index contributed by atoms with van der Waals surface area (Å²) in [7, 11) is 0. The Labute approximate surface area is 109 Å². The highest BCUT2D eigenvalue weighted by Crippen LogP contribution is 2.16. The predicted molar refractivity (Wildman–Crippen MR) is 74.6 cm³/mol. The highest BCUT2D eigenvalue weighted by atomic mass is 19.1. The molecule has 0 atom stereocenters. The van der Waals surface area contributed by atoms with Crippen molar-refractivity contribution in [1.29, 1.82) is 0 Å². The van der Waals surface area contributed by atoms with Crippen LogP contribution in [0.5, 0.6) is 0 Å². The maximum absolute atomic E-state index is 12.8. The van der Waals surface area contributed by atoms with Crippen LogP contribution in [-0.2, 0) is 4.79 Å². The molecular weight excluding hydrogens is 229 g/mol. The molecule has 0 heterocycles. The highest BCUT2D eigenvalue weighted by Gasteiger charge is 2.08. The number of amides is 1. The van der Waals surface area contributed by atoms with Gasteiger partial charge in [-0.15, -0.1) is 0 Å². The van der Waals surface area contributed by atoms with E-state index in [9.17, 15) is 9.18 Å². The van der Waals surface area contributed by atoms with Gasteiger partial charge in [0.1, 0.15) is 0 Å². The third kappa shape index (κ3) is 6.18. The van der Waals surface area contributed by atoms with Gasteiger partial charge in [-0.05, 0) is 38.3 Å². The SMILES string of the molecule is CC\C=C(C(N)=O)/C(/C=C(\C)CC)=C/C=C(\C)F. The number of rotatable bonds is 6. The van der Waals surface area contributed by atoms with Gasteiger partial charge < -0.3 is 5.73 Å². The molecule has 0 aromatic carbocycles. The number of hydrogen-bond donors (Lipinski definition) is 1. The smallest absolute Gasteiger partial charge is 0.248 e. The molecule has 0 aliphatic heterocycles. The van der Waals surface area contributed by atoms with Crippen LogP contribution >= 0.6 is 0 Å². The average molecular weight is 251 g/mol. The lowest BCUT2D eigenvalue weighted by molar-refractivity contribution is -0.114. The Kier molecular flexibility index (Phi) is 7.68. The van der Waals surface area contributed by atoms with Gasteiger partial charge in [0, 0.05) is 5.57 Å². The summed E-state index contributed by atoms with van der Waals surface area (Å²) >= 11 is 0. The first kappa shape index (κ1) is 16.4. The standard InChI is InChI=1S/C15H22FNO/c1-5-7-14(15(17)18)13(9-8-12(4)16)10-11(3)6-2/h7-10H,5-6H2,1-4H3,(H2,17,18)/b11-10+,12-8+,13-9+,14-7+. The minimum absolute atomic E-state index is 0.310. The molecule has 2 N–H and O–H groups in total. The molecule has 2 nitrogen and oxygen atoms in total. The molecule has 0 saturated carbocycles. The van der Waals surface area contributed by atoms with E-state index in [-0.39, 0.29) is 5.83 Å². The predicted octanol–water partition coefficient (Wildman–Crippen LogP) is 3.96. The van der Waals surface area contributed by atoms with Crippen LogP contribution in [0.25, 0.3) is 0 Å². The van der Waals surface area contributed by atoms with Crippen LogP contribution in [0.15, 0.2) is 46.9 Å². The molecule has 0 fully saturated rings. The van der Waals surface area contributed by atoms with Crippen molar-refractivity contribution in [2.45, 2.75) is 40.5 Å². The molecule has 3 heteroatoms. The number of carbonyl (C=O) groups excluding carboxylic acids is 1. The maximum atomic E-state index is 12.8. The van der Waals surface area contributed by atoms with Crippen LogP contribution < -0.4 is 5.73 Å². The van der Waals surface area contributed by atoms with Gasteiger partial charge in [-0.25, -0.2) is 4.39 Å². The van der Waals surface area contributed by atoms with Crippen molar-refractivity contribution in [3.05, 3.63) is 46.9 Å². The third-order valence-electron chi connectivity index (χ3n) is 2.44. The van der Waals surface area contributed by atoms with E-state index < -0.39 is 5.91 Å². The van der Waals surface area contributed by atoms with Crippen LogP contribution in [-0.4, -0.2) is 5.91 Å². The summed E-state index contributed by atoms with van der Waals surface area (Å²) in [6.45, 7) is 7.27. The Hall–Kier alpha value is -1.64. The molecule has 0 aromatic heterocycles. The third-order valence-corrected chi connectivity index (χ3v) is 2.44. The monoisotopic (exact) mass is 251 g/mol. The number of primary amides is 1. The number of carbonyl (C=O) groups is 1. The number of halogens is 1. The zero-order valence-corrected chi connectivity index (χ0v) is 11.6. The van der Waals surface area contributed by atoms with Crippen molar-refractivity contribution >= 4 is 5.91 Å². The van der Waals surface area contributed by atoms with Gasteiger partial charge >= 0.3 is 0 Å². The van der Waals surface area contributed by atoms with Gasteiger partial charge in [-0.1, -0.05) is 37.6 Å². The molecule has 0 aliphatic carbocycles. The second kappa shape index (κ2) is 8.45. The number of nitrogens with two attached hydrogens (primary N) is 1. The van der Waals surface area contributed by atoms with Crippen LogP contribution in [0.2, 0.25) is 0 Å². The highest BCUT2D eigenvalue weighted by molar-refractivity contribution is 5.97. The summed E-state index contributed by atoms with van der Waals surface area (Å²) in [4.78, 5) is 11.4. The summed E-state index contributed by atoms with van der Waals surface area (Å²) in [6.07, 6.45) is 8.11. The first-order valence-electron chi connectivity index (χ1n) is 6.13. The Bertz CT molecular complexity index is 410. The fourth-order valence-corrected chi connectivity index (χ4v) is 1.35. The van der Waals surface area contributed by atoms with Crippen molar-refractivity contribution in [1.82, 2.24) is 0 Å². The van der Waals surface area contributed by atoms with Gasteiger partial charge in [0.05, 0.1) is 5.83 Å². The van der Waals surface area contributed by atoms with Gasteiger partial charge in [-0.2, -0.15) is 0 Å². The quantitative estimate of drug-likeness (QED) is 0.563. The molecule has 0 rings (SSSR count). The molecule has 100 valence electrons. The Balaban J connectivity index is 5.59. The summed E-state index contributed by atoms with van der Waals surface area (Å²) in [5.41, 5.74) is 7.55. The van der Waals surface area contributed by atoms with E-state index >= 15 is 0 Å². The number of hydrogen-bond acceptors (Lipinski definition) is 1. The lowest BCUT2D eigenvalue weighted by atomic mass is 10.0. The second-order valence-corrected chi connectivity index (χ2v) is 4.11. The molecule has 0 spiro atoms. The van der Waals surface area contributed by atoms with Gasteiger partial charge in [0.15, 0.2) is 0 Å².